The second kappa shape index (κ2) is 6.13. The third kappa shape index (κ3) is 3.28. The van der Waals surface area contributed by atoms with Gasteiger partial charge in [-0.25, -0.2) is 0 Å². The van der Waals surface area contributed by atoms with Gasteiger partial charge < -0.3 is 16.3 Å². The van der Waals surface area contributed by atoms with E-state index in [0.717, 1.165) is 24.2 Å². The predicted octanol–water partition coefficient (Wildman–Crippen LogP) is 1.53. The second-order valence-corrected chi connectivity index (χ2v) is 4.73. The quantitative estimate of drug-likeness (QED) is 0.330. The molecule has 1 aromatic carbocycles. The average molecular weight is 262 g/mol. The van der Waals surface area contributed by atoms with Crippen LogP contribution in [0.25, 0.3) is 0 Å². The molecule has 2 rings (SSSR count). The van der Waals surface area contributed by atoms with Crippen LogP contribution in [0.1, 0.15) is 16.0 Å². The summed E-state index contributed by atoms with van der Waals surface area (Å²) in [7, 11) is 0. The van der Waals surface area contributed by atoms with E-state index in [4.69, 9.17) is 10.9 Å². The van der Waals surface area contributed by atoms with Crippen LogP contribution < -0.4 is 11.1 Å². The second-order valence-electron chi connectivity index (χ2n) is 3.76. The molecule has 0 fully saturated rings. The topological polar surface area (TPSA) is 83.5 Å². The van der Waals surface area contributed by atoms with Crippen molar-refractivity contribution in [1.29, 1.82) is 0 Å². The zero-order valence-electron chi connectivity index (χ0n) is 9.71. The van der Waals surface area contributed by atoms with Gasteiger partial charge in [0.1, 0.15) is 0 Å². The summed E-state index contributed by atoms with van der Waals surface area (Å²) in [4.78, 5) is 5.21. The maximum absolute atomic E-state index is 8.62. The summed E-state index contributed by atoms with van der Waals surface area (Å²) in [6, 6.07) is 7.58. The first-order chi connectivity index (χ1) is 8.79. The first kappa shape index (κ1) is 12.5. The molecule has 2 aromatic rings. The molecule has 0 saturated carbocycles. The Labute approximate surface area is 109 Å². The lowest BCUT2D eigenvalue weighted by Gasteiger charge is -2.05. The van der Waals surface area contributed by atoms with Crippen molar-refractivity contribution in [1.82, 2.24) is 10.3 Å². The summed E-state index contributed by atoms with van der Waals surface area (Å²) in [6.45, 7) is 1.52. The fourth-order valence-corrected chi connectivity index (χ4v) is 2.12. The lowest BCUT2D eigenvalue weighted by atomic mass is 10.1. The molecule has 0 aliphatic heterocycles. The Kier molecular flexibility index (Phi) is 4.27. The number of nitrogens with two attached hydrogens (primary N) is 1. The van der Waals surface area contributed by atoms with Gasteiger partial charge in [-0.05, 0) is 11.6 Å². The molecule has 0 aliphatic carbocycles. The highest BCUT2D eigenvalue weighted by Gasteiger charge is 2.01. The van der Waals surface area contributed by atoms with Crippen molar-refractivity contribution < 1.29 is 5.21 Å². The fourth-order valence-electron chi connectivity index (χ4n) is 1.56. The Hall–Kier alpha value is -1.92. The monoisotopic (exact) mass is 262 g/mol. The minimum absolute atomic E-state index is 0.124. The maximum atomic E-state index is 8.62. The minimum Gasteiger partial charge on any atom is -0.409 e. The van der Waals surface area contributed by atoms with Crippen molar-refractivity contribution in [2.45, 2.75) is 13.1 Å². The Balaban J connectivity index is 1.93. The van der Waals surface area contributed by atoms with Gasteiger partial charge >= 0.3 is 0 Å². The number of hydrogen-bond acceptors (Lipinski definition) is 5. The Morgan fingerprint density at radius 3 is 3.06 bits per heavy atom. The summed E-state index contributed by atoms with van der Waals surface area (Å²) >= 11 is 1.62. The number of thiazole rings is 1. The van der Waals surface area contributed by atoms with Crippen molar-refractivity contribution in [3.8, 4) is 0 Å². The molecule has 94 valence electrons. The lowest BCUT2D eigenvalue weighted by molar-refractivity contribution is 0.318. The van der Waals surface area contributed by atoms with Crippen LogP contribution in [0.5, 0.6) is 0 Å². The van der Waals surface area contributed by atoms with Crippen molar-refractivity contribution >= 4 is 17.2 Å². The average Bonchev–Trinajstić information content (AvgIpc) is 2.91. The van der Waals surface area contributed by atoms with E-state index in [2.05, 4.69) is 15.5 Å². The van der Waals surface area contributed by atoms with E-state index >= 15 is 0 Å². The lowest BCUT2D eigenvalue weighted by Crippen LogP contribution is -2.15. The van der Waals surface area contributed by atoms with Gasteiger partial charge in [0.05, 0.1) is 5.51 Å². The van der Waals surface area contributed by atoms with Gasteiger partial charge in [0, 0.05) is 29.7 Å². The Bertz CT molecular complexity index is 525. The molecule has 0 spiro atoms. The highest BCUT2D eigenvalue weighted by atomic mass is 32.1. The van der Waals surface area contributed by atoms with E-state index in [1.807, 2.05) is 36.0 Å². The van der Waals surface area contributed by atoms with Crippen LogP contribution in [0, 0.1) is 0 Å². The van der Waals surface area contributed by atoms with Crippen LogP contribution in [-0.4, -0.2) is 16.0 Å². The van der Waals surface area contributed by atoms with Crippen LogP contribution in [0.4, 0.5) is 0 Å². The van der Waals surface area contributed by atoms with Gasteiger partial charge in [0.15, 0.2) is 5.84 Å². The van der Waals surface area contributed by atoms with E-state index in [1.165, 1.54) is 4.88 Å². The Morgan fingerprint density at radius 1 is 1.44 bits per heavy atom. The molecule has 1 aromatic heterocycles. The molecule has 0 atom stereocenters. The number of nitrogens with one attached hydrogen (secondary N) is 1. The molecule has 4 N–H and O–H groups in total. The van der Waals surface area contributed by atoms with Gasteiger partial charge in [0.2, 0.25) is 0 Å². The third-order valence-electron chi connectivity index (χ3n) is 2.44. The number of nitrogens with zero attached hydrogens (tertiary/aromatic N) is 2. The minimum atomic E-state index is 0.124. The molecular formula is C12H14N4OS. The normalized spacial score (nSPS) is 11.7. The van der Waals surface area contributed by atoms with Crippen molar-refractivity contribution in [3.63, 3.8) is 0 Å². The van der Waals surface area contributed by atoms with Crippen LogP contribution in [0.15, 0.2) is 41.1 Å². The number of amidine groups is 1. The number of oxime groups is 1. The van der Waals surface area contributed by atoms with E-state index < -0.39 is 0 Å². The molecule has 18 heavy (non-hydrogen) atoms. The third-order valence-corrected chi connectivity index (χ3v) is 3.22. The Morgan fingerprint density at radius 2 is 2.33 bits per heavy atom. The zero-order valence-corrected chi connectivity index (χ0v) is 10.5. The first-order valence-corrected chi connectivity index (χ1v) is 6.32. The number of benzene rings is 1. The highest BCUT2D eigenvalue weighted by Crippen LogP contribution is 2.07. The molecule has 0 radical (unpaired) electrons. The van der Waals surface area contributed by atoms with E-state index in [0.29, 0.717) is 0 Å². The van der Waals surface area contributed by atoms with E-state index in [1.54, 1.807) is 11.3 Å². The molecular weight excluding hydrogens is 248 g/mol. The SMILES string of the molecule is N/C(=N/O)c1cccc(CNCc2cncs2)c1. The van der Waals surface area contributed by atoms with Gasteiger partial charge in [-0.15, -0.1) is 11.3 Å². The van der Waals surface area contributed by atoms with Crippen molar-refractivity contribution in [2.75, 3.05) is 0 Å². The van der Waals surface area contributed by atoms with Crippen LogP contribution in [0.3, 0.4) is 0 Å². The molecule has 0 unspecified atom stereocenters. The summed E-state index contributed by atoms with van der Waals surface area (Å²) < 4.78 is 0. The number of rotatable bonds is 5. The molecule has 5 nitrogen and oxygen atoms in total. The standard InChI is InChI=1S/C12H14N4OS/c13-12(16-17)10-3-1-2-9(4-10)5-14-6-11-7-15-8-18-11/h1-4,7-8,14,17H,5-6H2,(H2,13,16). The van der Waals surface area contributed by atoms with E-state index in [9.17, 15) is 0 Å². The molecule has 0 bridgehead atoms. The van der Waals surface area contributed by atoms with Gasteiger partial charge in [0.25, 0.3) is 0 Å². The molecule has 0 amide bonds. The summed E-state index contributed by atoms with van der Waals surface area (Å²) in [6.07, 6.45) is 1.85. The number of aromatic nitrogens is 1. The summed E-state index contributed by atoms with van der Waals surface area (Å²) in [5.41, 5.74) is 9.16. The molecule has 0 aliphatic rings. The highest BCUT2D eigenvalue weighted by molar-refractivity contribution is 7.09. The van der Waals surface area contributed by atoms with Crippen molar-refractivity contribution in [2.24, 2.45) is 10.9 Å². The largest absolute Gasteiger partial charge is 0.409 e. The number of hydrogen-bond donors (Lipinski definition) is 3. The van der Waals surface area contributed by atoms with E-state index in [-0.39, 0.29) is 5.84 Å². The van der Waals surface area contributed by atoms with Gasteiger partial charge in [-0.3, -0.25) is 4.98 Å². The zero-order chi connectivity index (χ0) is 12.8. The maximum Gasteiger partial charge on any atom is 0.170 e. The van der Waals surface area contributed by atoms with Gasteiger partial charge in [-0.1, -0.05) is 23.4 Å². The molecule has 6 heteroatoms. The fraction of sp³-hybridized carbons (Fsp3) is 0.167. The van der Waals surface area contributed by atoms with Crippen LogP contribution in [0.2, 0.25) is 0 Å². The first-order valence-electron chi connectivity index (χ1n) is 5.44. The van der Waals surface area contributed by atoms with Crippen LogP contribution >= 0.6 is 11.3 Å². The van der Waals surface area contributed by atoms with Gasteiger partial charge in [-0.2, -0.15) is 0 Å². The molecule has 1 heterocycles. The molecule has 0 saturated heterocycles. The van der Waals surface area contributed by atoms with Crippen LogP contribution in [-0.2, 0) is 13.1 Å². The predicted molar refractivity (Wildman–Crippen MR) is 71.6 cm³/mol. The van der Waals surface area contributed by atoms with Crippen molar-refractivity contribution in [3.05, 3.63) is 52.0 Å². The smallest absolute Gasteiger partial charge is 0.170 e. The summed E-state index contributed by atoms with van der Waals surface area (Å²) in [5, 5.41) is 14.9. The summed E-state index contributed by atoms with van der Waals surface area (Å²) in [5.74, 6) is 0.124.